The van der Waals surface area contributed by atoms with Crippen molar-refractivity contribution in [1.29, 1.82) is 0 Å². The Bertz CT molecular complexity index is 714. The van der Waals surface area contributed by atoms with Gasteiger partial charge in [-0.25, -0.2) is 8.42 Å². The molecular formula is C16H21ClN2O3S. The number of carbonyl (C=O) groups is 1. The molecule has 0 aromatic heterocycles. The molecule has 7 heteroatoms. The van der Waals surface area contributed by atoms with E-state index in [0.29, 0.717) is 12.1 Å². The Hall–Kier alpha value is -1.53. The van der Waals surface area contributed by atoms with Crippen molar-refractivity contribution in [3.05, 3.63) is 40.4 Å². The minimum absolute atomic E-state index is 0.193. The van der Waals surface area contributed by atoms with E-state index in [9.17, 15) is 13.2 Å². The quantitative estimate of drug-likeness (QED) is 0.767. The molecule has 0 aliphatic heterocycles. The van der Waals surface area contributed by atoms with Crippen molar-refractivity contribution < 1.29 is 13.2 Å². The van der Waals surface area contributed by atoms with Crippen LogP contribution in [-0.2, 0) is 10.0 Å². The third-order valence-corrected chi connectivity index (χ3v) is 4.55. The monoisotopic (exact) mass is 356 g/mol. The standard InChI is InChI=1S/C16H21ClN2O3S/c1-23(21,22)19-15-8-7-13(11-14(15)17)16(20)18-10-9-12-5-3-2-4-6-12/h5,7-8,11,19H,2-4,6,9-10H2,1H3,(H,18,20). The largest absolute Gasteiger partial charge is 0.352 e. The summed E-state index contributed by atoms with van der Waals surface area (Å²) >= 11 is 6.02. The number of hydrogen-bond donors (Lipinski definition) is 2. The number of benzene rings is 1. The Morgan fingerprint density at radius 2 is 2.09 bits per heavy atom. The minimum Gasteiger partial charge on any atom is -0.352 e. The molecule has 1 amide bonds. The van der Waals surface area contributed by atoms with Crippen LogP contribution in [0.15, 0.2) is 29.8 Å². The van der Waals surface area contributed by atoms with Crippen molar-refractivity contribution in [2.75, 3.05) is 17.5 Å². The van der Waals surface area contributed by atoms with E-state index in [-0.39, 0.29) is 16.6 Å². The molecule has 0 saturated heterocycles. The average Bonchev–Trinajstić information content (AvgIpc) is 2.49. The molecule has 1 aliphatic rings. The van der Waals surface area contributed by atoms with Crippen LogP contribution in [0.4, 0.5) is 5.69 Å². The van der Waals surface area contributed by atoms with Gasteiger partial charge >= 0.3 is 0 Å². The van der Waals surface area contributed by atoms with Crippen molar-refractivity contribution in [1.82, 2.24) is 5.32 Å². The highest BCUT2D eigenvalue weighted by Gasteiger charge is 2.11. The zero-order valence-corrected chi connectivity index (χ0v) is 14.6. The first-order chi connectivity index (χ1) is 10.8. The minimum atomic E-state index is -3.40. The van der Waals surface area contributed by atoms with Crippen molar-refractivity contribution in [3.63, 3.8) is 0 Å². The van der Waals surface area contributed by atoms with Crippen LogP contribution in [0.2, 0.25) is 5.02 Å². The summed E-state index contributed by atoms with van der Waals surface area (Å²) in [6.45, 7) is 0.589. The predicted octanol–water partition coefficient (Wildman–Crippen LogP) is 3.33. The van der Waals surface area contributed by atoms with Crippen LogP contribution < -0.4 is 10.0 Å². The summed E-state index contributed by atoms with van der Waals surface area (Å²) in [5, 5.41) is 3.06. The molecule has 0 spiro atoms. The molecule has 1 aliphatic carbocycles. The third kappa shape index (κ3) is 5.88. The molecule has 0 saturated carbocycles. The Labute approximate surface area is 142 Å². The van der Waals surface area contributed by atoms with E-state index >= 15 is 0 Å². The molecule has 5 nitrogen and oxygen atoms in total. The molecule has 1 aromatic rings. The van der Waals surface area contributed by atoms with Crippen LogP contribution in [0, 0.1) is 0 Å². The topological polar surface area (TPSA) is 75.3 Å². The first-order valence-electron chi connectivity index (χ1n) is 7.58. The van der Waals surface area contributed by atoms with E-state index in [1.165, 1.54) is 30.5 Å². The Kier molecular flexibility index (Phi) is 6.07. The van der Waals surface area contributed by atoms with E-state index in [0.717, 1.165) is 25.5 Å². The van der Waals surface area contributed by atoms with Crippen LogP contribution in [0.1, 0.15) is 42.5 Å². The lowest BCUT2D eigenvalue weighted by atomic mass is 9.97. The number of sulfonamides is 1. The normalized spacial score (nSPS) is 15.0. The first kappa shape index (κ1) is 17.8. The molecule has 2 N–H and O–H groups in total. The molecule has 126 valence electrons. The summed E-state index contributed by atoms with van der Waals surface area (Å²) in [6.07, 6.45) is 8.91. The third-order valence-electron chi connectivity index (χ3n) is 3.64. The first-order valence-corrected chi connectivity index (χ1v) is 9.85. The van der Waals surface area contributed by atoms with Gasteiger partial charge in [-0.05, 0) is 50.3 Å². The Balaban J connectivity index is 1.91. The second-order valence-electron chi connectivity index (χ2n) is 5.68. The van der Waals surface area contributed by atoms with Gasteiger partial charge in [0.1, 0.15) is 0 Å². The highest BCUT2D eigenvalue weighted by Crippen LogP contribution is 2.24. The van der Waals surface area contributed by atoms with Crippen LogP contribution in [-0.4, -0.2) is 27.1 Å². The maximum absolute atomic E-state index is 12.1. The smallest absolute Gasteiger partial charge is 0.251 e. The van der Waals surface area contributed by atoms with E-state index in [1.54, 1.807) is 6.07 Å². The molecule has 0 heterocycles. The predicted molar refractivity (Wildman–Crippen MR) is 93.4 cm³/mol. The van der Waals surface area contributed by atoms with Crippen molar-refractivity contribution >= 4 is 33.2 Å². The maximum atomic E-state index is 12.1. The molecule has 0 atom stereocenters. The average molecular weight is 357 g/mol. The molecule has 23 heavy (non-hydrogen) atoms. The summed E-state index contributed by atoms with van der Waals surface area (Å²) in [4.78, 5) is 12.1. The van der Waals surface area contributed by atoms with Gasteiger partial charge in [0.25, 0.3) is 5.91 Å². The zero-order valence-electron chi connectivity index (χ0n) is 13.1. The number of rotatable bonds is 6. The number of anilines is 1. The highest BCUT2D eigenvalue weighted by atomic mass is 35.5. The van der Waals surface area contributed by atoms with Gasteiger partial charge in [0.2, 0.25) is 10.0 Å². The van der Waals surface area contributed by atoms with Crippen molar-refractivity contribution in [2.24, 2.45) is 0 Å². The SMILES string of the molecule is CS(=O)(=O)Nc1ccc(C(=O)NCCC2=CCCCC2)cc1Cl. The molecule has 0 radical (unpaired) electrons. The van der Waals surface area contributed by atoms with Crippen LogP contribution in [0.5, 0.6) is 0 Å². The van der Waals surface area contributed by atoms with Crippen LogP contribution >= 0.6 is 11.6 Å². The molecule has 0 bridgehead atoms. The summed E-state index contributed by atoms with van der Waals surface area (Å²) in [5.41, 5.74) is 2.08. The maximum Gasteiger partial charge on any atom is 0.251 e. The number of nitrogens with one attached hydrogen (secondary N) is 2. The summed E-state index contributed by atoms with van der Waals surface area (Å²) in [7, 11) is -3.40. The molecular weight excluding hydrogens is 336 g/mol. The second-order valence-corrected chi connectivity index (χ2v) is 7.84. The fraction of sp³-hybridized carbons (Fsp3) is 0.438. The van der Waals surface area contributed by atoms with E-state index in [4.69, 9.17) is 11.6 Å². The summed E-state index contributed by atoms with van der Waals surface area (Å²) in [6, 6.07) is 4.50. The van der Waals surface area contributed by atoms with Gasteiger partial charge in [-0.1, -0.05) is 23.3 Å². The number of allylic oxidation sites excluding steroid dienone is 1. The van der Waals surface area contributed by atoms with E-state index in [1.807, 2.05) is 0 Å². The van der Waals surface area contributed by atoms with Gasteiger partial charge in [-0.3, -0.25) is 9.52 Å². The van der Waals surface area contributed by atoms with Crippen LogP contribution in [0.25, 0.3) is 0 Å². The number of carbonyl (C=O) groups excluding carboxylic acids is 1. The molecule has 1 aromatic carbocycles. The van der Waals surface area contributed by atoms with Gasteiger partial charge in [-0.2, -0.15) is 0 Å². The molecule has 0 unspecified atom stereocenters. The molecule has 0 fully saturated rings. The van der Waals surface area contributed by atoms with Gasteiger partial charge in [-0.15, -0.1) is 0 Å². The van der Waals surface area contributed by atoms with Crippen LogP contribution in [0.3, 0.4) is 0 Å². The fourth-order valence-electron chi connectivity index (χ4n) is 2.51. The summed E-state index contributed by atoms with van der Waals surface area (Å²) < 4.78 is 24.7. The lowest BCUT2D eigenvalue weighted by Crippen LogP contribution is -2.25. The van der Waals surface area contributed by atoms with Gasteiger partial charge in [0, 0.05) is 12.1 Å². The zero-order chi connectivity index (χ0) is 16.9. The number of hydrogen-bond acceptors (Lipinski definition) is 3. The van der Waals surface area contributed by atoms with Gasteiger partial charge in [0.15, 0.2) is 0 Å². The summed E-state index contributed by atoms with van der Waals surface area (Å²) in [5.74, 6) is -0.214. The van der Waals surface area contributed by atoms with E-state index in [2.05, 4.69) is 16.1 Å². The lowest BCUT2D eigenvalue weighted by molar-refractivity contribution is 0.0954. The number of halogens is 1. The number of amides is 1. The Morgan fingerprint density at radius 3 is 2.70 bits per heavy atom. The lowest BCUT2D eigenvalue weighted by Gasteiger charge is -2.13. The van der Waals surface area contributed by atoms with Crippen molar-refractivity contribution in [3.8, 4) is 0 Å². The Morgan fingerprint density at radius 1 is 1.30 bits per heavy atom. The van der Waals surface area contributed by atoms with E-state index < -0.39 is 10.0 Å². The molecule has 2 rings (SSSR count). The van der Waals surface area contributed by atoms with Crippen molar-refractivity contribution in [2.45, 2.75) is 32.1 Å². The second kappa shape index (κ2) is 7.84. The van der Waals surface area contributed by atoms with Gasteiger partial charge < -0.3 is 5.32 Å². The fourth-order valence-corrected chi connectivity index (χ4v) is 3.37. The highest BCUT2D eigenvalue weighted by molar-refractivity contribution is 7.92. The van der Waals surface area contributed by atoms with Gasteiger partial charge in [0.05, 0.1) is 17.0 Å².